The van der Waals surface area contributed by atoms with E-state index in [-0.39, 0.29) is 11.3 Å². The summed E-state index contributed by atoms with van der Waals surface area (Å²) in [4.78, 5) is 13.2. The second-order valence-corrected chi connectivity index (χ2v) is 4.16. The first-order chi connectivity index (χ1) is 6.13. The van der Waals surface area contributed by atoms with E-state index in [4.69, 9.17) is 5.73 Å². The smallest absolute Gasteiger partial charge is 0.222 e. The topological polar surface area (TPSA) is 46.3 Å². The molecule has 3 heteroatoms. The molecule has 1 fully saturated rings. The molecule has 0 heterocycles. The van der Waals surface area contributed by atoms with Crippen molar-refractivity contribution in [3.63, 3.8) is 0 Å². The largest absolute Gasteiger partial charge is 0.345 e. The van der Waals surface area contributed by atoms with Crippen LogP contribution in [-0.2, 0) is 4.79 Å². The first-order valence-corrected chi connectivity index (χ1v) is 5.07. The van der Waals surface area contributed by atoms with Crippen LogP contribution >= 0.6 is 0 Å². The molecule has 0 bridgehead atoms. The molecule has 1 rings (SSSR count). The van der Waals surface area contributed by atoms with Crippen molar-refractivity contribution in [3.8, 4) is 0 Å². The van der Waals surface area contributed by atoms with Crippen molar-refractivity contribution in [1.29, 1.82) is 0 Å². The van der Waals surface area contributed by atoms with Gasteiger partial charge in [0.1, 0.15) is 0 Å². The summed E-state index contributed by atoms with van der Waals surface area (Å²) >= 11 is 0. The van der Waals surface area contributed by atoms with Gasteiger partial charge >= 0.3 is 0 Å². The van der Waals surface area contributed by atoms with Crippen LogP contribution in [0.4, 0.5) is 0 Å². The number of hydrogen-bond donors (Lipinski definition) is 1. The molecule has 1 aliphatic rings. The third-order valence-corrected chi connectivity index (χ3v) is 3.15. The van der Waals surface area contributed by atoms with Gasteiger partial charge in [0.15, 0.2) is 0 Å². The standard InChI is InChI=1S/C10H20N2O/c1-3-9(13)12(2)8-10(7-11)5-4-6-10/h3-8,11H2,1-2H3. The van der Waals surface area contributed by atoms with Gasteiger partial charge in [0.05, 0.1) is 0 Å². The Balaban J connectivity index is 2.42. The van der Waals surface area contributed by atoms with Gasteiger partial charge in [0.25, 0.3) is 0 Å². The first-order valence-electron chi connectivity index (χ1n) is 5.07. The highest BCUT2D eigenvalue weighted by Crippen LogP contribution is 2.40. The lowest BCUT2D eigenvalue weighted by Gasteiger charge is -2.43. The van der Waals surface area contributed by atoms with Gasteiger partial charge in [-0.1, -0.05) is 13.3 Å². The van der Waals surface area contributed by atoms with Crippen molar-refractivity contribution in [2.45, 2.75) is 32.6 Å². The van der Waals surface area contributed by atoms with Crippen LogP contribution in [0.2, 0.25) is 0 Å². The number of amides is 1. The fourth-order valence-corrected chi connectivity index (χ4v) is 1.96. The van der Waals surface area contributed by atoms with Gasteiger partial charge in [-0.3, -0.25) is 4.79 Å². The highest BCUT2D eigenvalue weighted by molar-refractivity contribution is 5.75. The van der Waals surface area contributed by atoms with Crippen molar-refractivity contribution in [2.75, 3.05) is 20.1 Å². The normalized spacial score (nSPS) is 19.3. The zero-order chi connectivity index (χ0) is 9.90. The van der Waals surface area contributed by atoms with E-state index in [9.17, 15) is 4.79 Å². The molecule has 0 spiro atoms. The Morgan fingerprint density at radius 2 is 2.15 bits per heavy atom. The number of nitrogens with zero attached hydrogens (tertiary/aromatic N) is 1. The van der Waals surface area contributed by atoms with Crippen LogP contribution in [0.15, 0.2) is 0 Å². The SMILES string of the molecule is CCC(=O)N(C)CC1(CN)CCC1. The lowest BCUT2D eigenvalue weighted by molar-refractivity contribution is -0.131. The Kier molecular flexibility index (Phi) is 3.31. The molecule has 3 nitrogen and oxygen atoms in total. The molecule has 0 atom stereocenters. The number of hydrogen-bond acceptors (Lipinski definition) is 2. The quantitative estimate of drug-likeness (QED) is 0.708. The predicted octanol–water partition coefficient (Wildman–Crippen LogP) is 0.984. The average Bonchev–Trinajstić information content (AvgIpc) is 2.09. The van der Waals surface area contributed by atoms with Gasteiger partial charge in [-0.25, -0.2) is 0 Å². The number of rotatable bonds is 4. The van der Waals surface area contributed by atoms with Crippen molar-refractivity contribution >= 4 is 5.91 Å². The maximum atomic E-state index is 11.3. The van der Waals surface area contributed by atoms with Gasteiger partial charge in [-0.05, 0) is 19.4 Å². The Hall–Kier alpha value is -0.570. The van der Waals surface area contributed by atoms with Gasteiger partial charge in [-0.2, -0.15) is 0 Å². The first kappa shape index (κ1) is 10.5. The summed E-state index contributed by atoms with van der Waals surface area (Å²) in [6, 6.07) is 0. The van der Waals surface area contributed by atoms with E-state index in [1.165, 1.54) is 19.3 Å². The minimum atomic E-state index is 0.222. The third kappa shape index (κ3) is 2.21. The van der Waals surface area contributed by atoms with Crippen LogP contribution in [0.3, 0.4) is 0 Å². The Morgan fingerprint density at radius 1 is 1.54 bits per heavy atom. The van der Waals surface area contributed by atoms with Crippen molar-refractivity contribution < 1.29 is 4.79 Å². The van der Waals surface area contributed by atoms with Crippen LogP contribution in [0.1, 0.15) is 32.6 Å². The van der Waals surface area contributed by atoms with E-state index in [1.807, 2.05) is 18.9 Å². The van der Waals surface area contributed by atoms with Gasteiger partial charge in [0.2, 0.25) is 5.91 Å². The van der Waals surface area contributed by atoms with E-state index in [0.717, 1.165) is 6.54 Å². The second-order valence-electron chi connectivity index (χ2n) is 4.16. The molecule has 1 amide bonds. The number of carbonyl (C=O) groups is 1. The summed E-state index contributed by atoms with van der Waals surface area (Å²) in [7, 11) is 1.88. The molecule has 0 aromatic carbocycles. The summed E-state index contributed by atoms with van der Waals surface area (Å²) in [5, 5.41) is 0. The third-order valence-electron chi connectivity index (χ3n) is 3.15. The molecule has 2 N–H and O–H groups in total. The lowest BCUT2D eigenvalue weighted by atomic mass is 9.68. The van der Waals surface area contributed by atoms with E-state index in [1.54, 1.807) is 0 Å². The summed E-state index contributed by atoms with van der Waals surface area (Å²) in [6.45, 7) is 3.46. The van der Waals surface area contributed by atoms with Gasteiger partial charge in [-0.15, -0.1) is 0 Å². The van der Waals surface area contributed by atoms with E-state index >= 15 is 0 Å². The zero-order valence-corrected chi connectivity index (χ0v) is 8.68. The minimum absolute atomic E-state index is 0.222. The number of carbonyl (C=O) groups excluding carboxylic acids is 1. The number of nitrogens with two attached hydrogens (primary N) is 1. The summed E-state index contributed by atoms with van der Waals surface area (Å²) < 4.78 is 0. The van der Waals surface area contributed by atoms with Crippen LogP contribution in [0.25, 0.3) is 0 Å². The average molecular weight is 184 g/mol. The fraction of sp³-hybridized carbons (Fsp3) is 0.900. The molecule has 1 saturated carbocycles. The molecule has 76 valence electrons. The van der Waals surface area contributed by atoms with E-state index in [2.05, 4.69) is 0 Å². The molecule has 0 aromatic rings. The monoisotopic (exact) mass is 184 g/mol. The zero-order valence-electron chi connectivity index (χ0n) is 8.68. The Labute approximate surface area is 80.3 Å². The molecular formula is C10H20N2O. The molecule has 0 saturated heterocycles. The minimum Gasteiger partial charge on any atom is -0.345 e. The molecular weight excluding hydrogens is 164 g/mol. The van der Waals surface area contributed by atoms with E-state index < -0.39 is 0 Å². The molecule has 0 aliphatic heterocycles. The van der Waals surface area contributed by atoms with E-state index in [0.29, 0.717) is 13.0 Å². The maximum absolute atomic E-state index is 11.3. The molecule has 0 radical (unpaired) electrons. The second kappa shape index (κ2) is 4.09. The van der Waals surface area contributed by atoms with Crippen molar-refractivity contribution in [1.82, 2.24) is 4.90 Å². The lowest BCUT2D eigenvalue weighted by Crippen LogP contribution is -2.47. The summed E-state index contributed by atoms with van der Waals surface area (Å²) in [5.41, 5.74) is 5.97. The highest BCUT2D eigenvalue weighted by Gasteiger charge is 2.37. The Bertz CT molecular complexity index is 182. The highest BCUT2D eigenvalue weighted by atomic mass is 16.2. The summed E-state index contributed by atoms with van der Waals surface area (Å²) in [5.74, 6) is 0.222. The van der Waals surface area contributed by atoms with Crippen LogP contribution < -0.4 is 5.73 Å². The van der Waals surface area contributed by atoms with Crippen LogP contribution in [0, 0.1) is 5.41 Å². The van der Waals surface area contributed by atoms with Crippen LogP contribution in [-0.4, -0.2) is 30.9 Å². The van der Waals surface area contributed by atoms with Gasteiger partial charge in [0, 0.05) is 25.4 Å². The fourth-order valence-electron chi connectivity index (χ4n) is 1.96. The van der Waals surface area contributed by atoms with Crippen molar-refractivity contribution in [2.24, 2.45) is 11.1 Å². The Morgan fingerprint density at radius 3 is 2.46 bits per heavy atom. The molecule has 0 unspecified atom stereocenters. The molecule has 13 heavy (non-hydrogen) atoms. The summed E-state index contributed by atoms with van der Waals surface area (Å²) in [6.07, 6.45) is 4.23. The van der Waals surface area contributed by atoms with Crippen LogP contribution in [0.5, 0.6) is 0 Å². The maximum Gasteiger partial charge on any atom is 0.222 e. The predicted molar refractivity (Wildman–Crippen MR) is 53.3 cm³/mol. The molecule has 1 aliphatic carbocycles. The van der Waals surface area contributed by atoms with Crippen molar-refractivity contribution in [3.05, 3.63) is 0 Å². The molecule has 0 aromatic heterocycles. The van der Waals surface area contributed by atoms with Gasteiger partial charge < -0.3 is 10.6 Å².